The zero-order valence-electron chi connectivity index (χ0n) is 32.9. The molecule has 7 aromatic rings. The summed E-state index contributed by atoms with van der Waals surface area (Å²) < 4.78 is 2.19. The monoisotopic (exact) mass is 688 g/mol. The average Bonchev–Trinajstić information content (AvgIpc) is 3.46. The molecule has 266 valence electrons. The van der Waals surface area contributed by atoms with Gasteiger partial charge in [0, 0.05) is 28.3 Å². The van der Waals surface area contributed by atoms with Gasteiger partial charge in [-0.05, 0) is 80.5 Å². The van der Waals surface area contributed by atoms with Crippen LogP contribution in [0.3, 0.4) is 0 Å². The van der Waals surface area contributed by atoms with Crippen LogP contribution < -0.4 is 0 Å². The third-order valence-electron chi connectivity index (χ3n) is 10.2. The second-order valence-electron chi connectivity index (χ2n) is 18.5. The van der Waals surface area contributed by atoms with Gasteiger partial charge in [-0.25, -0.2) is 9.97 Å². The van der Waals surface area contributed by atoms with Crippen LogP contribution in [-0.4, -0.2) is 24.5 Å². The van der Waals surface area contributed by atoms with E-state index in [9.17, 15) is 5.11 Å². The summed E-state index contributed by atoms with van der Waals surface area (Å²) >= 11 is 0. The molecule has 0 fully saturated rings. The number of hydrogen-bond donors (Lipinski definition) is 1. The lowest BCUT2D eigenvalue weighted by Crippen LogP contribution is -2.22. The lowest BCUT2D eigenvalue weighted by Gasteiger charge is -2.29. The van der Waals surface area contributed by atoms with Crippen LogP contribution in [-0.2, 0) is 21.7 Å². The molecule has 0 saturated carbocycles. The zero-order valence-corrected chi connectivity index (χ0v) is 32.9. The van der Waals surface area contributed by atoms with E-state index >= 15 is 0 Å². The number of imidazole rings is 1. The largest absolute Gasteiger partial charge is 0.507 e. The third kappa shape index (κ3) is 6.14. The lowest BCUT2D eigenvalue weighted by atomic mass is 9.78. The normalized spacial score (nSPS) is 13.1. The van der Waals surface area contributed by atoms with Crippen molar-refractivity contribution in [3.05, 3.63) is 114 Å². The summed E-state index contributed by atoms with van der Waals surface area (Å²) in [5, 5.41) is 12.9. The Morgan fingerprint density at radius 3 is 1.85 bits per heavy atom. The molecule has 0 unspecified atom stereocenters. The summed E-state index contributed by atoms with van der Waals surface area (Å²) in [7, 11) is 0. The van der Waals surface area contributed by atoms with Crippen molar-refractivity contribution in [2.75, 3.05) is 0 Å². The van der Waals surface area contributed by atoms with Crippen LogP contribution in [0.5, 0.6) is 5.75 Å². The molecule has 0 aliphatic carbocycles. The van der Waals surface area contributed by atoms with Crippen LogP contribution in [0.2, 0.25) is 0 Å². The first-order valence-electron chi connectivity index (χ1n) is 18.4. The maximum absolute atomic E-state index is 12.2. The predicted molar refractivity (Wildman–Crippen MR) is 219 cm³/mol. The van der Waals surface area contributed by atoms with Gasteiger partial charge in [0.2, 0.25) is 0 Å². The molecule has 52 heavy (non-hydrogen) atoms. The van der Waals surface area contributed by atoms with Crippen molar-refractivity contribution in [1.82, 2.24) is 19.4 Å². The Labute approximate surface area is 308 Å². The summed E-state index contributed by atoms with van der Waals surface area (Å²) in [5.74, 6) is 1.17. The molecule has 3 aromatic heterocycles. The van der Waals surface area contributed by atoms with Crippen molar-refractivity contribution < 1.29 is 5.11 Å². The van der Waals surface area contributed by atoms with E-state index in [1.165, 1.54) is 5.56 Å². The summed E-state index contributed by atoms with van der Waals surface area (Å²) in [6.07, 6.45) is 1.90. The van der Waals surface area contributed by atoms with E-state index in [1.54, 1.807) is 0 Å². The summed E-state index contributed by atoms with van der Waals surface area (Å²) in [5.41, 5.74) is 12.1. The predicted octanol–water partition coefficient (Wildman–Crippen LogP) is 12.3. The number of hydrogen-bond acceptors (Lipinski definition) is 4. The zero-order chi connectivity index (χ0) is 37.5. The first-order chi connectivity index (χ1) is 24.2. The lowest BCUT2D eigenvalue weighted by molar-refractivity contribution is 0.450. The molecular formula is C47H52N4O. The summed E-state index contributed by atoms with van der Waals surface area (Å²) in [6.45, 7) is 26.5. The number of benzene rings is 4. The molecular weight excluding hydrogens is 637 g/mol. The number of phenols is 1. The Balaban J connectivity index is 1.57. The van der Waals surface area contributed by atoms with Crippen LogP contribution in [0.15, 0.2) is 91.1 Å². The van der Waals surface area contributed by atoms with Gasteiger partial charge in [0.05, 0.1) is 27.6 Å². The van der Waals surface area contributed by atoms with Gasteiger partial charge in [0.1, 0.15) is 11.6 Å². The number of nitrogens with zero attached hydrogens (tertiary/aromatic N) is 4. The number of aromatic hydroxyl groups is 1. The number of rotatable bonds is 3. The highest BCUT2D eigenvalue weighted by molar-refractivity contribution is 6.05. The van der Waals surface area contributed by atoms with E-state index in [1.807, 2.05) is 12.3 Å². The number of para-hydroxylation sites is 1. The number of pyridine rings is 1. The highest BCUT2D eigenvalue weighted by Crippen LogP contribution is 2.45. The molecule has 7 rings (SSSR count). The fourth-order valence-electron chi connectivity index (χ4n) is 7.27. The molecule has 0 saturated heterocycles. The van der Waals surface area contributed by atoms with E-state index in [0.717, 1.165) is 72.7 Å². The molecule has 0 aliphatic rings. The second kappa shape index (κ2) is 12.0. The van der Waals surface area contributed by atoms with Crippen LogP contribution in [0, 0.1) is 0 Å². The standard InChI is InChI=1S/C47H52N4O/c1-44(2,3)32-24-30(23-31(25-32)36-26-29(21-22-48-36)28-17-14-13-15-18-28)33-19-16-20-37-39(33)49-42-38-40(50-43(51(37)42)47(10,11)12)34(45(4,5)6)27-35(41(38)52)46(7,8)9/h13-27,52H,1-12H3. The van der Waals surface area contributed by atoms with Crippen molar-refractivity contribution in [3.8, 4) is 39.3 Å². The quantitative estimate of drug-likeness (QED) is 0.201. The Morgan fingerprint density at radius 1 is 0.538 bits per heavy atom. The number of fused-ring (bicyclic) bond motifs is 5. The van der Waals surface area contributed by atoms with Crippen LogP contribution >= 0.6 is 0 Å². The molecule has 3 heterocycles. The first-order valence-corrected chi connectivity index (χ1v) is 18.4. The molecule has 5 heteroatoms. The van der Waals surface area contributed by atoms with Crippen molar-refractivity contribution >= 4 is 27.6 Å². The molecule has 5 nitrogen and oxygen atoms in total. The Hall–Kier alpha value is -5.03. The molecule has 4 aromatic carbocycles. The first kappa shape index (κ1) is 35.4. The Bertz CT molecular complexity index is 2500. The number of aromatic nitrogens is 4. The van der Waals surface area contributed by atoms with Gasteiger partial charge >= 0.3 is 0 Å². The maximum Gasteiger partial charge on any atom is 0.152 e. The van der Waals surface area contributed by atoms with Crippen molar-refractivity contribution in [2.24, 2.45) is 0 Å². The van der Waals surface area contributed by atoms with Gasteiger partial charge in [-0.15, -0.1) is 0 Å². The Morgan fingerprint density at radius 2 is 1.21 bits per heavy atom. The van der Waals surface area contributed by atoms with Crippen LogP contribution in [0.25, 0.3) is 61.1 Å². The van der Waals surface area contributed by atoms with E-state index < -0.39 is 0 Å². The van der Waals surface area contributed by atoms with Gasteiger partial charge < -0.3 is 5.11 Å². The third-order valence-corrected chi connectivity index (χ3v) is 10.2. The summed E-state index contributed by atoms with van der Waals surface area (Å²) in [6, 6.07) is 30.1. The SMILES string of the molecule is CC(C)(C)c1cc(-c2cc(-c3ccccc3)ccn2)cc(-c2cccc3c2nc2c4c(O)c(C(C)(C)C)cc(C(C)(C)C)c4nc(C(C)(C)C)n32)c1. The van der Waals surface area contributed by atoms with E-state index in [0.29, 0.717) is 5.39 Å². The number of phenolic OH excluding ortho intramolecular Hbond substituents is 1. The highest BCUT2D eigenvalue weighted by atomic mass is 16.3. The van der Waals surface area contributed by atoms with Gasteiger partial charge in [-0.3, -0.25) is 9.38 Å². The van der Waals surface area contributed by atoms with E-state index in [2.05, 4.69) is 166 Å². The van der Waals surface area contributed by atoms with Crippen molar-refractivity contribution in [1.29, 1.82) is 0 Å². The maximum atomic E-state index is 12.2. The van der Waals surface area contributed by atoms with Crippen LogP contribution in [0.1, 0.15) is 106 Å². The van der Waals surface area contributed by atoms with E-state index in [-0.39, 0.29) is 27.4 Å². The van der Waals surface area contributed by atoms with Crippen LogP contribution in [0.4, 0.5) is 0 Å². The minimum Gasteiger partial charge on any atom is -0.507 e. The minimum absolute atomic E-state index is 0.105. The van der Waals surface area contributed by atoms with Gasteiger partial charge in [-0.2, -0.15) is 0 Å². The van der Waals surface area contributed by atoms with Gasteiger partial charge in [-0.1, -0.05) is 132 Å². The Kier molecular flexibility index (Phi) is 8.17. The average molecular weight is 689 g/mol. The topological polar surface area (TPSA) is 63.3 Å². The molecule has 1 N–H and O–H groups in total. The van der Waals surface area contributed by atoms with E-state index in [4.69, 9.17) is 15.0 Å². The smallest absolute Gasteiger partial charge is 0.152 e. The molecule has 0 bridgehead atoms. The highest BCUT2D eigenvalue weighted by Gasteiger charge is 2.32. The van der Waals surface area contributed by atoms with Gasteiger partial charge in [0.25, 0.3) is 0 Å². The van der Waals surface area contributed by atoms with Gasteiger partial charge in [0.15, 0.2) is 5.65 Å². The fraction of sp³-hybridized carbons (Fsp3) is 0.340. The molecule has 0 amide bonds. The van der Waals surface area contributed by atoms with Crippen molar-refractivity contribution in [3.63, 3.8) is 0 Å². The van der Waals surface area contributed by atoms with Crippen molar-refractivity contribution in [2.45, 2.75) is 105 Å². The minimum atomic E-state index is -0.307. The fourth-order valence-corrected chi connectivity index (χ4v) is 7.27. The summed E-state index contributed by atoms with van der Waals surface area (Å²) in [4.78, 5) is 15.8. The molecule has 0 aliphatic heterocycles. The molecule has 0 atom stereocenters. The molecule has 0 spiro atoms. The molecule has 0 radical (unpaired) electrons. The second-order valence-corrected chi connectivity index (χ2v) is 18.5.